The molecule has 0 radical (unpaired) electrons. The van der Waals surface area contributed by atoms with E-state index in [4.69, 9.17) is 24.8 Å². The molecule has 11 nitrogen and oxygen atoms in total. The van der Waals surface area contributed by atoms with Crippen molar-refractivity contribution >= 4 is 25.7 Å². The molecular formula is C44H72NO10P. The van der Waals surface area contributed by atoms with Crippen LogP contribution in [-0.4, -0.2) is 59.9 Å². The van der Waals surface area contributed by atoms with Crippen molar-refractivity contribution in [3.63, 3.8) is 0 Å². The molecule has 0 amide bonds. The lowest BCUT2D eigenvalue weighted by molar-refractivity contribution is -0.161. The number of aliphatic carboxylic acids is 1. The number of carbonyl (C=O) groups is 3. The molecule has 0 aliphatic rings. The van der Waals surface area contributed by atoms with Crippen LogP contribution < -0.4 is 5.73 Å². The summed E-state index contributed by atoms with van der Waals surface area (Å²) in [5, 5.41) is 8.87. The van der Waals surface area contributed by atoms with Crippen LogP contribution in [0.25, 0.3) is 0 Å². The molecule has 1 unspecified atom stereocenters. The van der Waals surface area contributed by atoms with Crippen molar-refractivity contribution in [2.24, 2.45) is 5.73 Å². The van der Waals surface area contributed by atoms with Crippen LogP contribution in [0.15, 0.2) is 85.1 Å². The zero-order chi connectivity index (χ0) is 41.4. The molecule has 56 heavy (non-hydrogen) atoms. The number of nitrogens with two attached hydrogens (primary N) is 1. The molecular weight excluding hydrogens is 733 g/mol. The minimum absolute atomic E-state index is 0.0904. The number of phosphoric ester groups is 1. The predicted octanol–water partition coefficient (Wildman–Crippen LogP) is 10.7. The molecule has 0 saturated heterocycles. The van der Waals surface area contributed by atoms with Crippen molar-refractivity contribution in [3.05, 3.63) is 85.1 Å². The second-order valence-corrected chi connectivity index (χ2v) is 14.8. The Morgan fingerprint density at radius 1 is 0.571 bits per heavy atom. The molecule has 0 aromatic carbocycles. The highest BCUT2D eigenvalue weighted by Gasteiger charge is 2.28. The fourth-order valence-corrected chi connectivity index (χ4v) is 5.68. The molecule has 3 atom stereocenters. The summed E-state index contributed by atoms with van der Waals surface area (Å²) in [6, 6.07) is -1.54. The Kier molecular flexibility index (Phi) is 36.2. The van der Waals surface area contributed by atoms with E-state index in [0.717, 1.165) is 77.0 Å². The number of rotatable bonds is 37. The van der Waals surface area contributed by atoms with Crippen LogP contribution in [0.1, 0.15) is 142 Å². The van der Waals surface area contributed by atoms with Crippen molar-refractivity contribution < 1.29 is 47.5 Å². The van der Waals surface area contributed by atoms with Crippen LogP contribution in [0, 0.1) is 0 Å². The van der Waals surface area contributed by atoms with Crippen LogP contribution in [0.3, 0.4) is 0 Å². The second kappa shape index (κ2) is 38.5. The lowest BCUT2D eigenvalue weighted by Gasteiger charge is -2.20. The number of unbranched alkanes of at least 4 members (excludes halogenated alkanes) is 9. The van der Waals surface area contributed by atoms with Crippen molar-refractivity contribution in [1.82, 2.24) is 0 Å². The quantitative estimate of drug-likeness (QED) is 0.0236. The Bertz CT molecular complexity index is 1270. The fraction of sp³-hybridized carbons (Fsp3) is 0.614. The minimum atomic E-state index is -4.74. The van der Waals surface area contributed by atoms with Crippen molar-refractivity contribution in [1.29, 1.82) is 0 Å². The average molecular weight is 806 g/mol. The first-order valence-electron chi connectivity index (χ1n) is 20.6. The van der Waals surface area contributed by atoms with E-state index in [0.29, 0.717) is 12.8 Å². The van der Waals surface area contributed by atoms with Gasteiger partial charge in [-0.25, -0.2) is 4.57 Å². The number of carboxylic acids is 1. The van der Waals surface area contributed by atoms with Crippen molar-refractivity contribution in [2.45, 2.75) is 154 Å². The molecule has 0 spiro atoms. The molecule has 0 saturated carbocycles. The highest BCUT2D eigenvalue weighted by atomic mass is 31.2. The lowest BCUT2D eigenvalue weighted by atomic mass is 10.1. The summed E-state index contributed by atoms with van der Waals surface area (Å²) in [6.07, 6.45) is 46.6. The van der Waals surface area contributed by atoms with E-state index in [2.05, 4.69) is 91.3 Å². The Balaban J connectivity index is 4.54. The van der Waals surface area contributed by atoms with Gasteiger partial charge in [-0.3, -0.25) is 23.4 Å². The normalized spacial score (nSPS) is 14.6. The molecule has 0 rings (SSSR count). The lowest BCUT2D eigenvalue weighted by Crippen LogP contribution is -2.34. The van der Waals surface area contributed by atoms with Gasteiger partial charge in [-0.15, -0.1) is 0 Å². The Morgan fingerprint density at radius 3 is 1.57 bits per heavy atom. The van der Waals surface area contributed by atoms with E-state index in [-0.39, 0.29) is 12.8 Å². The Hall–Kier alpha value is -3.34. The third-order valence-electron chi connectivity index (χ3n) is 8.14. The van der Waals surface area contributed by atoms with Gasteiger partial charge in [0.25, 0.3) is 0 Å². The Labute approximate surface area is 337 Å². The molecule has 0 aliphatic carbocycles. The number of esters is 2. The molecule has 0 aromatic rings. The van der Waals surface area contributed by atoms with E-state index < -0.39 is 57.7 Å². The SMILES string of the molecule is CC/C=C/C/C=C/C/C=C/C/C=C/C/C=C/C/C=C/CCC(=O)OC[C@@H](COP(=O)(O)OC[C@@H](N)C(=O)O)OC(=O)CCCCCCC/C=C/CCCCCC. The third-order valence-corrected chi connectivity index (χ3v) is 9.09. The van der Waals surface area contributed by atoms with Crippen LogP contribution in [0.4, 0.5) is 0 Å². The highest BCUT2D eigenvalue weighted by molar-refractivity contribution is 7.47. The van der Waals surface area contributed by atoms with Gasteiger partial charge in [0, 0.05) is 12.8 Å². The summed E-state index contributed by atoms with van der Waals surface area (Å²) < 4.78 is 32.5. The zero-order valence-electron chi connectivity index (χ0n) is 34.2. The summed E-state index contributed by atoms with van der Waals surface area (Å²) in [7, 11) is -4.74. The summed E-state index contributed by atoms with van der Waals surface area (Å²) in [5.74, 6) is -2.51. The van der Waals surface area contributed by atoms with Gasteiger partial charge in [0.05, 0.1) is 13.2 Å². The van der Waals surface area contributed by atoms with Gasteiger partial charge in [0.15, 0.2) is 6.10 Å². The number of hydrogen-bond donors (Lipinski definition) is 3. The number of ether oxygens (including phenoxy) is 2. The second-order valence-electron chi connectivity index (χ2n) is 13.4. The van der Waals surface area contributed by atoms with Gasteiger partial charge in [0.1, 0.15) is 12.6 Å². The van der Waals surface area contributed by atoms with Crippen LogP contribution >= 0.6 is 7.82 Å². The molecule has 0 fully saturated rings. The predicted molar refractivity (Wildman–Crippen MR) is 226 cm³/mol. The van der Waals surface area contributed by atoms with Gasteiger partial charge in [-0.1, -0.05) is 137 Å². The zero-order valence-corrected chi connectivity index (χ0v) is 35.1. The molecule has 0 bridgehead atoms. The van der Waals surface area contributed by atoms with E-state index >= 15 is 0 Å². The monoisotopic (exact) mass is 805 g/mol. The van der Waals surface area contributed by atoms with E-state index in [1.807, 2.05) is 12.2 Å². The van der Waals surface area contributed by atoms with Crippen molar-refractivity contribution in [3.8, 4) is 0 Å². The number of hydrogen-bond acceptors (Lipinski definition) is 9. The van der Waals surface area contributed by atoms with E-state index in [1.54, 1.807) is 0 Å². The number of allylic oxidation sites excluding steroid dienone is 14. The molecule has 0 heterocycles. The van der Waals surface area contributed by atoms with Gasteiger partial charge in [-0.2, -0.15) is 0 Å². The van der Waals surface area contributed by atoms with Crippen molar-refractivity contribution in [2.75, 3.05) is 19.8 Å². The average Bonchev–Trinajstić information content (AvgIpc) is 3.17. The highest BCUT2D eigenvalue weighted by Crippen LogP contribution is 2.43. The minimum Gasteiger partial charge on any atom is -0.480 e. The van der Waals surface area contributed by atoms with Crippen LogP contribution in [0.5, 0.6) is 0 Å². The summed E-state index contributed by atoms with van der Waals surface area (Å²) >= 11 is 0. The van der Waals surface area contributed by atoms with Crippen LogP contribution in [0.2, 0.25) is 0 Å². The Morgan fingerprint density at radius 2 is 1.04 bits per heavy atom. The topological polar surface area (TPSA) is 172 Å². The maximum atomic E-state index is 12.6. The maximum absolute atomic E-state index is 12.6. The first-order valence-corrected chi connectivity index (χ1v) is 22.1. The molecule has 318 valence electrons. The first-order chi connectivity index (χ1) is 27.1. The van der Waals surface area contributed by atoms with Gasteiger partial charge >= 0.3 is 25.7 Å². The number of phosphoric acid groups is 1. The number of carboxylic acid groups (broad SMARTS) is 1. The summed E-state index contributed by atoms with van der Waals surface area (Å²) in [6.45, 7) is 2.56. The summed E-state index contributed by atoms with van der Waals surface area (Å²) in [5.41, 5.74) is 5.32. The largest absolute Gasteiger partial charge is 0.480 e. The standard InChI is InChI=1S/C44H72NO10P/c1-3-5-7-9-11-13-15-17-18-19-20-21-22-24-25-27-29-31-33-35-42(46)52-37-40(38-53-56(50,51)54-39-41(45)44(48)49)55-43(47)36-34-32-30-28-26-23-16-14-12-10-8-6-4-2/h5,7,11,13-14,16-18,20-21,24-25,29,31,40-41H,3-4,6,8-10,12,15,19,22-23,26-28,30,32-39,45H2,1-2H3,(H,48,49)(H,50,51)/b7-5+,13-11+,16-14+,18-17+,21-20+,25-24+,31-29+/t40-,41+/m0/s1. The first kappa shape index (κ1) is 52.7. The molecule has 0 aromatic heterocycles. The third kappa shape index (κ3) is 37.6. The molecule has 4 N–H and O–H groups in total. The van der Waals surface area contributed by atoms with E-state index in [9.17, 15) is 23.8 Å². The van der Waals surface area contributed by atoms with Gasteiger partial charge < -0.3 is 25.2 Å². The van der Waals surface area contributed by atoms with Crippen LogP contribution in [-0.2, 0) is 37.5 Å². The van der Waals surface area contributed by atoms with E-state index in [1.165, 1.54) is 25.7 Å². The van der Waals surface area contributed by atoms with Gasteiger partial charge in [-0.05, 0) is 77.0 Å². The number of carbonyl (C=O) groups excluding carboxylic acids is 2. The molecule has 12 heteroatoms. The smallest absolute Gasteiger partial charge is 0.472 e. The maximum Gasteiger partial charge on any atom is 0.472 e. The molecule has 0 aliphatic heterocycles. The van der Waals surface area contributed by atoms with Gasteiger partial charge in [0.2, 0.25) is 0 Å². The fourth-order valence-electron chi connectivity index (χ4n) is 4.91. The summed E-state index contributed by atoms with van der Waals surface area (Å²) in [4.78, 5) is 45.8.